The largest absolute Gasteiger partial charge is 0.451 e. The number of carbonyl (C=O) groups is 2. The minimum absolute atomic E-state index is 0.148. The van der Waals surface area contributed by atoms with Crippen LogP contribution in [0.4, 0.5) is 5.69 Å². The predicted molar refractivity (Wildman–Crippen MR) is 112 cm³/mol. The molecule has 156 valence electrons. The topological polar surface area (TPSA) is 110 Å². The molecule has 2 amide bonds. The molecule has 1 fully saturated rings. The number of anilines is 1. The molecule has 0 aliphatic heterocycles. The smallest absolute Gasteiger partial charge is 0.291 e. The third-order valence-electron chi connectivity index (χ3n) is 5.09. The van der Waals surface area contributed by atoms with Crippen LogP contribution in [0.1, 0.15) is 46.6 Å². The minimum atomic E-state index is -0.327. The Kier molecular flexibility index (Phi) is 4.95. The van der Waals surface area contributed by atoms with Gasteiger partial charge in [0.25, 0.3) is 5.91 Å². The van der Waals surface area contributed by atoms with E-state index in [1.165, 1.54) is 0 Å². The number of aromatic nitrogens is 2. The molecule has 4 aromatic rings. The van der Waals surface area contributed by atoms with Gasteiger partial charge >= 0.3 is 0 Å². The van der Waals surface area contributed by atoms with E-state index in [9.17, 15) is 9.59 Å². The fraction of sp³-hybridized carbons (Fsp3) is 0.217. The summed E-state index contributed by atoms with van der Waals surface area (Å²) < 4.78 is 10.7. The van der Waals surface area contributed by atoms with Crippen LogP contribution in [-0.2, 0) is 17.8 Å². The number of hydrogen-bond acceptors (Lipinski definition) is 6. The Bertz CT molecular complexity index is 1200. The summed E-state index contributed by atoms with van der Waals surface area (Å²) in [4.78, 5) is 28.9. The molecule has 0 spiro atoms. The fourth-order valence-corrected chi connectivity index (χ4v) is 3.26. The zero-order valence-electron chi connectivity index (χ0n) is 16.6. The van der Waals surface area contributed by atoms with E-state index in [-0.39, 0.29) is 30.5 Å². The first-order valence-corrected chi connectivity index (χ1v) is 10.1. The van der Waals surface area contributed by atoms with Gasteiger partial charge in [0.2, 0.25) is 11.8 Å². The number of nitrogens with zero attached hydrogens (tertiary/aromatic N) is 2. The summed E-state index contributed by atoms with van der Waals surface area (Å²) in [5.41, 5.74) is 2.11. The summed E-state index contributed by atoms with van der Waals surface area (Å²) in [7, 11) is 0. The molecule has 8 nitrogen and oxygen atoms in total. The van der Waals surface area contributed by atoms with Crippen molar-refractivity contribution in [3.05, 3.63) is 77.6 Å². The molecular formula is C23H20N4O4. The lowest BCUT2D eigenvalue weighted by molar-refractivity contribution is -0.120. The molecule has 31 heavy (non-hydrogen) atoms. The van der Waals surface area contributed by atoms with Crippen LogP contribution >= 0.6 is 0 Å². The van der Waals surface area contributed by atoms with E-state index in [2.05, 4.69) is 20.8 Å². The Morgan fingerprint density at radius 1 is 1.06 bits per heavy atom. The van der Waals surface area contributed by atoms with Crippen LogP contribution in [0.5, 0.6) is 0 Å². The van der Waals surface area contributed by atoms with Crippen LogP contribution in [0.25, 0.3) is 11.0 Å². The van der Waals surface area contributed by atoms with Crippen molar-refractivity contribution in [2.75, 3.05) is 5.32 Å². The Hall–Kier alpha value is -3.94. The third-order valence-corrected chi connectivity index (χ3v) is 5.09. The van der Waals surface area contributed by atoms with Crippen LogP contribution in [0.2, 0.25) is 0 Å². The highest BCUT2D eigenvalue weighted by atomic mass is 16.5. The van der Waals surface area contributed by atoms with Crippen LogP contribution in [0.3, 0.4) is 0 Å². The maximum Gasteiger partial charge on any atom is 0.291 e. The standard InChI is InChI=1S/C23H20N4O4/c28-20(24-13-21-26-22(27-31-21)15-7-8-15)11-14-5-9-17(10-6-14)25-23(29)19-12-16-3-1-2-4-18(16)30-19/h1-6,9-10,12,15H,7-8,11,13H2,(H,24,28)(H,25,29). The van der Waals surface area contributed by atoms with Crippen molar-refractivity contribution in [3.63, 3.8) is 0 Å². The second-order valence-electron chi connectivity index (χ2n) is 7.57. The molecule has 0 saturated heterocycles. The zero-order chi connectivity index (χ0) is 21.2. The first-order valence-electron chi connectivity index (χ1n) is 10.1. The predicted octanol–water partition coefficient (Wildman–Crippen LogP) is 3.80. The summed E-state index contributed by atoms with van der Waals surface area (Å²) in [6.07, 6.45) is 2.40. The van der Waals surface area contributed by atoms with Crippen molar-refractivity contribution in [3.8, 4) is 0 Å². The molecule has 0 unspecified atom stereocenters. The van der Waals surface area contributed by atoms with Gasteiger partial charge in [-0.1, -0.05) is 35.5 Å². The second kappa shape index (κ2) is 8.06. The van der Waals surface area contributed by atoms with E-state index >= 15 is 0 Å². The quantitative estimate of drug-likeness (QED) is 0.474. The number of benzene rings is 2. The maximum atomic E-state index is 12.4. The summed E-state index contributed by atoms with van der Waals surface area (Å²) in [6.45, 7) is 0.212. The molecule has 2 heterocycles. The number of furan rings is 1. The van der Waals surface area contributed by atoms with Crippen molar-refractivity contribution in [1.29, 1.82) is 0 Å². The summed E-state index contributed by atoms with van der Waals surface area (Å²) in [5, 5.41) is 10.4. The minimum Gasteiger partial charge on any atom is -0.451 e. The van der Waals surface area contributed by atoms with Gasteiger partial charge in [0.15, 0.2) is 11.6 Å². The van der Waals surface area contributed by atoms with E-state index in [4.69, 9.17) is 8.94 Å². The fourth-order valence-electron chi connectivity index (χ4n) is 3.26. The zero-order valence-corrected chi connectivity index (χ0v) is 16.6. The Balaban J connectivity index is 1.13. The van der Waals surface area contributed by atoms with Crippen molar-refractivity contribution < 1.29 is 18.5 Å². The normalized spacial score (nSPS) is 13.3. The Morgan fingerprint density at radius 2 is 1.87 bits per heavy atom. The van der Waals surface area contributed by atoms with Gasteiger partial charge < -0.3 is 19.6 Å². The van der Waals surface area contributed by atoms with Gasteiger partial charge in [0.1, 0.15) is 5.58 Å². The van der Waals surface area contributed by atoms with Gasteiger partial charge in [-0.05, 0) is 42.7 Å². The molecule has 2 aromatic carbocycles. The number of hydrogen-bond donors (Lipinski definition) is 2. The van der Waals surface area contributed by atoms with Gasteiger partial charge in [-0.3, -0.25) is 9.59 Å². The van der Waals surface area contributed by atoms with E-state index < -0.39 is 0 Å². The molecule has 1 aliphatic carbocycles. The van der Waals surface area contributed by atoms with Crippen molar-refractivity contribution in [2.24, 2.45) is 0 Å². The molecule has 0 radical (unpaired) electrons. The van der Waals surface area contributed by atoms with Gasteiger partial charge in [0.05, 0.1) is 13.0 Å². The highest BCUT2D eigenvalue weighted by molar-refractivity contribution is 6.04. The van der Waals surface area contributed by atoms with Crippen LogP contribution in [-0.4, -0.2) is 22.0 Å². The molecule has 2 aromatic heterocycles. The van der Waals surface area contributed by atoms with Gasteiger partial charge in [-0.25, -0.2) is 0 Å². The number of amides is 2. The van der Waals surface area contributed by atoms with Gasteiger partial charge in [0, 0.05) is 17.0 Å². The Morgan fingerprint density at radius 3 is 2.65 bits per heavy atom. The molecule has 1 saturated carbocycles. The first kappa shape index (κ1) is 19.0. The number of rotatable bonds is 7. The molecule has 1 aliphatic rings. The molecule has 0 bridgehead atoms. The molecule has 2 N–H and O–H groups in total. The molecular weight excluding hydrogens is 396 g/mol. The van der Waals surface area contributed by atoms with Crippen LogP contribution < -0.4 is 10.6 Å². The first-order chi connectivity index (χ1) is 15.1. The van der Waals surface area contributed by atoms with E-state index in [1.54, 1.807) is 30.3 Å². The molecule has 0 atom stereocenters. The summed E-state index contributed by atoms with van der Waals surface area (Å²) >= 11 is 0. The lowest BCUT2D eigenvalue weighted by Crippen LogP contribution is -2.24. The third kappa shape index (κ3) is 4.48. The maximum absolute atomic E-state index is 12.4. The van der Waals surface area contributed by atoms with E-state index in [0.29, 0.717) is 23.1 Å². The van der Waals surface area contributed by atoms with Crippen molar-refractivity contribution in [1.82, 2.24) is 15.5 Å². The average molecular weight is 416 g/mol. The SMILES string of the molecule is O=C(Cc1ccc(NC(=O)c2cc3ccccc3o2)cc1)NCc1nc(C2CC2)no1. The number of carbonyl (C=O) groups excluding carboxylic acids is 2. The lowest BCUT2D eigenvalue weighted by atomic mass is 10.1. The number of nitrogens with one attached hydrogen (secondary N) is 2. The molecule has 8 heteroatoms. The van der Waals surface area contributed by atoms with Crippen molar-refractivity contribution >= 4 is 28.5 Å². The van der Waals surface area contributed by atoms with Crippen LogP contribution in [0.15, 0.2) is 63.5 Å². The highest BCUT2D eigenvalue weighted by Gasteiger charge is 2.28. The number of fused-ring (bicyclic) bond motifs is 1. The molecule has 5 rings (SSSR count). The monoisotopic (exact) mass is 416 g/mol. The summed E-state index contributed by atoms with van der Waals surface area (Å²) in [5.74, 6) is 1.33. The summed E-state index contributed by atoms with van der Waals surface area (Å²) in [6, 6.07) is 16.3. The lowest BCUT2D eigenvalue weighted by Gasteiger charge is -2.06. The van der Waals surface area contributed by atoms with Crippen molar-refractivity contribution in [2.45, 2.75) is 31.7 Å². The van der Waals surface area contributed by atoms with Gasteiger partial charge in [-0.2, -0.15) is 4.98 Å². The Labute approximate surface area is 177 Å². The number of para-hydroxylation sites is 1. The second-order valence-corrected chi connectivity index (χ2v) is 7.57. The highest BCUT2D eigenvalue weighted by Crippen LogP contribution is 2.38. The average Bonchev–Trinajstić information content (AvgIpc) is 3.35. The van der Waals surface area contributed by atoms with Gasteiger partial charge in [-0.15, -0.1) is 0 Å². The van der Waals surface area contributed by atoms with Crippen LogP contribution in [0, 0.1) is 0 Å². The van der Waals surface area contributed by atoms with E-state index in [0.717, 1.165) is 29.6 Å². The van der Waals surface area contributed by atoms with E-state index in [1.807, 2.05) is 24.3 Å².